The van der Waals surface area contributed by atoms with E-state index in [9.17, 15) is 18.7 Å². The van der Waals surface area contributed by atoms with E-state index in [0.717, 1.165) is 0 Å². The molecule has 0 unspecified atom stereocenters. The van der Waals surface area contributed by atoms with Crippen LogP contribution in [0.4, 0.5) is 8.78 Å². The number of halogens is 3. The summed E-state index contributed by atoms with van der Waals surface area (Å²) in [5, 5.41) is 10.5. The summed E-state index contributed by atoms with van der Waals surface area (Å²) in [6.07, 6.45) is -0.383. The maximum atomic E-state index is 14.8. The number of hydrogen-bond acceptors (Lipinski definition) is 2. The van der Waals surface area contributed by atoms with Gasteiger partial charge in [0, 0.05) is 21.5 Å². The Bertz CT molecular complexity index is 1240. The molecule has 0 saturated heterocycles. The minimum Gasteiger partial charge on any atom is -0.481 e. The van der Waals surface area contributed by atoms with Gasteiger partial charge in [-0.2, -0.15) is 0 Å². The average molecular weight is 410 g/mol. The van der Waals surface area contributed by atoms with E-state index in [1.54, 1.807) is 36.4 Å². The number of fused-ring (bicyclic) bond motifs is 1. The standard InChI is InChI=1S/C23H14ClF2NO2/c24-14-7-10-20-17(11-14)22(16-3-1-2-4-19(16)26)18(12-21(28)29)23(27-20)13-5-8-15(25)9-6-13/h1-11H,12H2,(H,28,29). The van der Waals surface area contributed by atoms with Gasteiger partial charge in [0.2, 0.25) is 0 Å². The van der Waals surface area contributed by atoms with Crippen LogP contribution in [0.3, 0.4) is 0 Å². The van der Waals surface area contributed by atoms with E-state index in [4.69, 9.17) is 11.6 Å². The molecular weight excluding hydrogens is 396 g/mol. The van der Waals surface area contributed by atoms with Crippen molar-refractivity contribution in [2.75, 3.05) is 0 Å². The number of nitrogens with zero attached hydrogens (tertiary/aromatic N) is 1. The van der Waals surface area contributed by atoms with Gasteiger partial charge in [-0.05, 0) is 59.7 Å². The zero-order valence-corrected chi connectivity index (χ0v) is 15.8. The molecule has 0 bridgehead atoms. The first kappa shape index (κ1) is 19.0. The molecule has 0 saturated carbocycles. The van der Waals surface area contributed by atoms with Crippen molar-refractivity contribution in [1.29, 1.82) is 0 Å². The van der Waals surface area contributed by atoms with Gasteiger partial charge in [0.15, 0.2) is 0 Å². The molecule has 0 spiro atoms. The van der Waals surface area contributed by atoms with Crippen LogP contribution in [0.1, 0.15) is 5.56 Å². The van der Waals surface area contributed by atoms with Crippen LogP contribution >= 0.6 is 11.6 Å². The van der Waals surface area contributed by atoms with Crippen LogP contribution in [0.25, 0.3) is 33.3 Å². The molecule has 0 aliphatic carbocycles. The van der Waals surface area contributed by atoms with Gasteiger partial charge >= 0.3 is 5.97 Å². The number of carbonyl (C=O) groups is 1. The van der Waals surface area contributed by atoms with Crippen LogP contribution < -0.4 is 0 Å². The zero-order chi connectivity index (χ0) is 20.5. The van der Waals surface area contributed by atoms with E-state index < -0.39 is 17.6 Å². The summed E-state index contributed by atoms with van der Waals surface area (Å²) in [5.41, 5.74) is 2.43. The number of aromatic nitrogens is 1. The molecule has 29 heavy (non-hydrogen) atoms. The summed E-state index contributed by atoms with van der Waals surface area (Å²) < 4.78 is 28.2. The van der Waals surface area contributed by atoms with Crippen LogP contribution in [-0.2, 0) is 11.2 Å². The Morgan fingerprint density at radius 2 is 1.72 bits per heavy atom. The number of aliphatic carboxylic acids is 1. The van der Waals surface area contributed by atoms with E-state index in [0.29, 0.717) is 38.3 Å². The fourth-order valence-corrected chi connectivity index (χ4v) is 3.59. The Morgan fingerprint density at radius 1 is 1.00 bits per heavy atom. The van der Waals surface area contributed by atoms with Crippen molar-refractivity contribution in [2.24, 2.45) is 0 Å². The summed E-state index contributed by atoms with van der Waals surface area (Å²) in [6, 6.07) is 16.7. The van der Waals surface area contributed by atoms with Crippen molar-refractivity contribution in [2.45, 2.75) is 6.42 Å². The first-order valence-electron chi connectivity index (χ1n) is 8.79. The Balaban J connectivity index is 2.16. The first-order valence-corrected chi connectivity index (χ1v) is 9.16. The topological polar surface area (TPSA) is 50.2 Å². The van der Waals surface area contributed by atoms with Gasteiger partial charge in [-0.1, -0.05) is 29.8 Å². The second-order valence-electron chi connectivity index (χ2n) is 6.53. The highest BCUT2D eigenvalue weighted by atomic mass is 35.5. The van der Waals surface area contributed by atoms with Crippen molar-refractivity contribution >= 4 is 28.5 Å². The van der Waals surface area contributed by atoms with Gasteiger partial charge in [-0.15, -0.1) is 0 Å². The number of carboxylic acids is 1. The van der Waals surface area contributed by atoms with Gasteiger partial charge in [-0.3, -0.25) is 4.79 Å². The normalized spacial score (nSPS) is 11.0. The maximum absolute atomic E-state index is 14.8. The largest absolute Gasteiger partial charge is 0.481 e. The Morgan fingerprint density at radius 3 is 2.41 bits per heavy atom. The molecule has 3 aromatic carbocycles. The van der Waals surface area contributed by atoms with Crippen molar-refractivity contribution in [3.8, 4) is 22.4 Å². The summed E-state index contributed by atoms with van der Waals surface area (Å²) >= 11 is 6.17. The molecular formula is C23H14ClF2NO2. The van der Waals surface area contributed by atoms with Crippen molar-refractivity contribution in [3.63, 3.8) is 0 Å². The number of carboxylic acid groups (broad SMARTS) is 1. The third kappa shape index (κ3) is 3.69. The molecule has 6 heteroatoms. The molecule has 1 aromatic heterocycles. The quantitative estimate of drug-likeness (QED) is 0.441. The highest BCUT2D eigenvalue weighted by Gasteiger charge is 2.22. The van der Waals surface area contributed by atoms with Crippen LogP contribution in [0.2, 0.25) is 5.02 Å². The van der Waals surface area contributed by atoms with Crippen molar-refractivity contribution < 1.29 is 18.7 Å². The van der Waals surface area contributed by atoms with Gasteiger partial charge in [-0.25, -0.2) is 13.8 Å². The lowest BCUT2D eigenvalue weighted by molar-refractivity contribution is -0.136. The average Bonchev–Trinajstić information content (AvgIpc) is 2.69. The number of rotatable bonds is 4. The van der Waals surface area contributed by atoms with E-state index >= 15 is 0 Å². The Labute approximate surface area is 170 Å². The molecule has 144 valence electrons. The monoisotopic (exact) mass is 409 g/mol. The second-order valence-corrected chi connectivity index (χ2v) is 6.97. The van der Waals surface area contributed by atoms with Crippen molar-refractivity contribution in [1.82, 2.24) is 4.98 Å². The number of pyridine rings is 1. The minimum absolute atomic E-state index is 0.252. The molecule has 1 heterocycles. The van der Waals surface area contributed by atoms with E-state index in [1.807, 2.05) is 0 Å². The van der Waals surface area contributed by atoms with Crippen molar-refractivity contribution in [3.05, 3.63) is 89.0 Å². The third-order valence-corrected chi connectivity index (χ3v) is 4.87. The van der Waals surface area contributed by atoms with Gasteiger partial charge in [0.05, 0.1) is 17.6 Å². The lowest BCUT2D eigenvalue weighted by atomic mass is 9.90. The highest BCUT2D eigenvalue weighted by molar-refractivity contribution is 6.31. The van der Waals surface area contributed by atoms with E-state index in [2.05, 4.69) is 4.98 Å². The van der Waals surface area contributed by atoms with Gasteiger partial charge in [0.25, 0.3) is 0 Å². The van der Waals surface area contributed by atoms with E-state index in [-0.39, 0.29) is 12.0 Å². The molecule has 0 aliphatic rings. The van der Waals surface area contributed by atoms with Crippen LogP contribution in [0.15, 0.2) is 66.7 Å². The van der Waals surface area contributed by atoms with E-state index in [1.165, 1.54) is 30.3 Å². The number of benzene rings is 3. The SMILES string of the molecule is O=C(O)Cc1c(-c2ccc(F)cc2)nc2ccc(Cl)cc2c1-c1ccccc1F. The summed E-state index contributed by atoms with van der Waals surface area (Å²) in [4.78, 5) is 16.3. The molecule has 1 N–H and O–H groups in total. The van der Waals surface area contributed by atoms with Crippen LogP contribution in [0, 0.1) is 11.6 Å². The smallest absolute Gasteiger partial charge is 0.307 e. The Hall–Kier alpha value is -3.31. The summed E-state index contributed by atoms with van der Waals surface area (Å²) in [6.45, 7) is 0. The van der Waals surface area contributed by atoms with Gasteiger partial charge in [0.1, 0.15) is 11.6 Å². The number of hydrogen-bond donors (Lipinski definition) is 1. The highest BCUT2D eigenvalue weighted by Crippen LogP contribution is 2.39. The van der Waals surface area contributed by atoms with Crippen LogP contribution in [-0.4, -0.2) is 16.1 Å². The maximum Gasteiger partial charge on any atom is 0.307 e. The summed E-state index contributed by atoms with van der Waals surface area (Å²) in [5.74, 6) is -2.00. The molecule has 4 rings (SSSR count). The molecule has 4 aromatic rings. The third-order valence-electron chi connectivity index (χ3n) is 4.64. The predicted molar refractivity (Wildman–Crippen MR) is 109 cm³/mol. The Kier molecular flexibility index (Phi) is 4.99. The predicted octanol–water partition coefficient (Wildman–Crippen LogP) is 6.13. The first-order chi connectivity index (χ1) is 13.9. The zero-order valence-electron chi connectivity index (χ0n) is 15.0. The second kappa shape index (κ2) is 7.60. The fraction of sp³-hybridized carbons (Fsp3) is 0.0435. The minimum atomic E-state index is -1.09. The molecule has 0 radical (unpaired) electrons. The molecule has 0 atom stereocenters. The molecule has 3 nitrogen and oxygen atoms in total. The van der Waals surface area contributed by atoms with Gasteiger partial charge < -0.3 is 5.11 Å². The molecule has 0 amide bonds. The lowest BCUT2D eigenvalue weighted by Gasteiger charge is -2.17. The molecule has 0 aliphatic heterocycles. The lowest BCUT2D eigenvalue weighted by Crippen LogP contribution is -2.07. The summed E-state index contributed by atoms with van der Waals surface area (Å²) in [7, 11) is 0. The van der Waals surface area contributed by atoms with Crippen LogP contribution in [0.5, 0.6) is 0 Å². The molecule has 0 fully saturated rings. The fourth-order valence-electron chi connectivity index (χ4n) is 3.42.